The number of allylic oxidation sites excluding steroid dienone is 1. The molecule has 44 heavy (non-hydrogen) atoms. The van der Waals surface area contributed by atoms with Gasteiger partial charge in [0.1, 0.15) is 17.6 Å². The number of hydrogen-bond donors (Lipinski definition) is 1. The monoisotopic (exact) mass is 609 g/mol. The van der Waals surface area contributed by atoms with Crippen LogP contribution in [0.4, 0.5) is 11.4 Å². The van der Waals surface area contributed by atoms with Crippen LogP contribution in [0.1, 0.15) is 72.1 Å². The fourth-order valence-corrected chi connectivity index (χ4v) is 7.57. The van der Waals surface area contributed by atoms with Crippen molar-refractivity contribution in [2.45, 2.75) is 89.4 Å². The molecule has 1 aromatic rings. The van der Waals surface area contributed by atoms with Crippen molar-refractivity contribution in [3.8, 4) is 0 Å². The van der Waals surface area contributed by atoms with Crippen LogP contribution >= 0.6 is 0 Å². The van der Waals surface area contributed by atoms with Crippen molar-refractivity contribution in [3.63, 3.8) is 0 Å². The van der Waals surface area contributed by atoms with E-state index >= 15 is 0 Å². The van der Waals surface area contributed by atoms with E-state index in [1.165, 1.54) is 0 Å². The van der Waals surface area contributed by atoms with Crippen LogP contribution in [0.15, 0.2) is 49.6 Å². The average molecular weight is 610 g/mol. The quantitative estimate of drug-likeness (QED) is 0.144. The zero-order valence-electron chi connectivity index (χ0n) is 26.8. The summed E-state index contributed by atoms with van der Waals surface area (Å²) in [5.74, 6) is -2.42. The molecule has 2 bridgehead atoms. The third kappa shape index (κ3) is 6.31. The van der Waals surface area contributed by atoms with Crippen molar-refractivity contribution >= 4 is 29.2 Å². The number of esters is 1. The van der Waals surface area contributed by atoms with Gasteiger partial charge in [-0.3, -0.25) is 14.4 Å². The molecule has 5 atom stereocenters. The third-order valence-corrected chi connectivity index (χ3v) is 9.74. The van der Waals surface area contributed by atoms with E-state index in [0.29, 0.717) is 38.6 Å². The van der Waals surface area contributed by atoms with Crippen LogP contribution in [0.3, 0.4) is 0 Å². The Labute approximate surface area is 262 Å². The van der Waals surface area contributed by atoms with Gasteiger partial charge in [-0.25, -0.2) is 0 Å². The molecular weight excluding hydrogens is 558 g/mol. The highest BCUT2D eigenvalue weighted by Gasteiger charge is 2.78. The molecule has 0 aliphatic carbocycles. The molecule has 0 saturated carbocycles. The summed E-state index contributed by atoms with van der Waals surface area (Å²) in [4.78, 5) is 48.2. The van der Waals surface area contributed by atoms with Crippen LogP contribution in [-0.4, -0.2) is 84.4 Å². The summed E-state index contributed by atoms with van der Waals surface area (Å²) in [7, 11) is 0. The molecule has 3 heterocycles. The molecule has 4 rings (SSSR count). The first-order valence-corrected chi connectivity index (χ1v) is 16.4. The fraction of sp³-hybridized carbons (Fsp3) is 0.629. The lowest BCUT2D eigenvalue weighted by Gasteiger charge is -2.37. The maximum atomic E-state index is 14.7. The van der Waals surface area contributed by atoms with Gasteiger partial charge in [-0.05, 0) is 83.6 Å². The highest BCUT2D eigenvalue weighted by atomic mass is 16.6. The number of benzene rings is 1. The SMILES string of the molecule is C=CCCCOC(=O)[C@@H]1[C@H]2C(=O)N(CCCCCCO)C(C(=O)N(CC=C)c3ccc(N(CC)CC)cc3)C23CC[C@@]1(C)O3. The second-order valence-corrected chi connectivity index (χ2v) is 12.4. The van der Waals surface area contributed by atoms with E-state index in [1.807, 2.05) is 31.2 Å². The van der Waals surface area contributed by atoms with E-state index in [2.05, 4.69) is 31.9 Å². The third-order valence-electron chi connectivity index (χ3n) is 9.74. The molecule has 3 aliphatic heterocycles. The van der Waals surface area contributed by atoms with E-state index < -0.39 is 35.0 Å². The molecule has 1 N–H and O–H groups in total. The standard InChI is InChI=1S/C35H51N3O6/c1-6-10-15-25-43-33(42)29-28-31(40)38(23-13-11-12-14-24-39)30(35(28)21-20-34(29,5)44-35)32(41)37(22-7-2)27-18-16-26(17-19-27)36(8-3)9-4/h6-7,16-19,28-30,39H,1-2,8-15,20-25H2,3-5H3/t28-,29-,30?,34+,35?/m0/s1. The van der Waals surface area contributed by atoms with Gasteiger partial charge in [-0.15, -0.1) is 13.2 Å². The minimum absolute atomic E-state index is 0.127. The van der Waals surface area contributed by atoms with Gasteiger partial charge in [0.05, 0.1) is 18.1 Å². The number of amides is 2. The lowest BCUT2D eigenvalue weighted by molar-refractivity contribution is -0.159. The summed E-state index contributed by atoms with van der Waals surface area (Å²) >= 11 is 0. The summed E-state index contributed by atoms with van der Waals surface area (Å²) < 4.78 is 12.4. The lowest BCUT2D eigenvalue weighted by Crippen LogP contribution is -2.56. The maximum absolute atomic E-state index is 14.7. The zero-order valence-corrected chi connectivity index (χ0v) is 26.8. The predicted molar refractivity (Wildman–Crippen MR) is 172 cm³/mol. The molecule has 3 saturated heterocycles. The minimum atomic E-state index is -1.11. The van der Waals surface area contributed by atoms with E-state index in [9.17, 15) is 19.5 Å². The molecule has 0 aromatic heterocycles. The number of ether oxygens (including phenoxy) is 2. The summed E-state index contributed by atoms with van der Waals surface area (Å²) in [6.45, 7) is 16.5. The zero-order chi connectivity index (χ0) is 31.9. The van der Waals surface area contributed by atoms with Gasteiger partial charge >= 0.3 is 5.97 Å². The van der Waals surface area contributed by atoms with Gasteiger partial charge in [0.15, 0.2) is 0 Å². The Morgan fingerprint density at radius 3 is 2.36 bits per heavy atom. The average Bonchev–Trinajstić information content (AvgIpc) is 3.59. The van der Waals surface area contributed by atoms with Gasteiger partial charge in [-0.2, -0.15) is 0 Å². The highest BCUT2D eigenvalue weighted by Crippen LogP contribution is 2.63. The Kier molecular flexibility index (Phi) is 11.3. The van der Waals surface area contributed by atoms with Crippen LogP contribution in [-0.2, 0) is 23.9 Å². The molecule has 2 amide bonds. The highest BCUT2D eigenvalue weighted by molar-refractivity contribution is 6.05. The Bertz CT molecular complexity index is 1180. The Morgan fingerprint density at radius 1 is 1.05 bits per heavy atom. The molecule has 2 unspecified atom stereocenters. The van der Waals surface area contributed by atoms with E-state index in [-0.39, 0.29) is 31.6 Å². The summed E-state index contributed by atoms with van der Waals surface area (Å²) in [5.41, 5.74) is -0.197. The van der Waals surface area contributed by atoms with Crippen molar-refractivity contribution in [1.29, 1.82) is 0 Å². The second-order valence-electron chi connectivity index (χ2n) is 12.4. The van der Waals surface area contributed by atoms with Crippen LogP contribution in [0, 0.1) is 11.8 Å². The number of aliphatic hydroxyl groups excluding tert-OH is 1. The molecule has 3 fully saturated rings. The number of fused-ring (bicyclic) bond motifs is 1. The number of carbonyl (C=O) groups excluding carboxylic acids is 3. The lowest BCUT2D eigenvalue weighted by atomic mass is 9.66. The molecule has 1 aromatic carbocycles. The Morgan fingerprint density at radius 2 is 1.73 bits per heavy atom. The Hall–Kier alpha value is -3.17. The molecule has 1 spiro atoms. The number of rotatable bonds is 18. The first-order chi connectivity index (χ1) is 21.2. The van der Waals surface area contributed by atoms with Crippen LogP contribution in [0.2, 0.25) is 0 Å². The normalized spacial score (nSPS) is 26.9. The van der Waals surface area contributed by atoms with Crippen LogP contribution < -0.4 is 9.80 Å². The van der Waals surface area contributed by atoms with Gasteiger partial charge in [0, 0.05) is 44.2 Å². The number of nitrogens with zero attached hydrogens (tertiary/aromatic N) is 3. The van der Waals surface area contributed by atoms with E-state index in [1.54, 1.807) is 22.0 Å². The molecule has 9 heteroatoms. The van der Waals surface area contributed by atoms with Gasteiger partial charge in [-0.1, -0.05) is 25.0 Å². The van der Waals surface area contributed by atoms with Crippen molar-refractivity contribution in [3.05, 3.63) is 49.6 Å². The fourth-order valence-electron chi connectivity index (χ4n) is 7.57. The summed E-state index contributed by atoms with van der Waals surface area (Å²) in [6, 6.07) is 7.04. The number of hydrogen-bond acceptors (Lipinski definition) is 7. The smallest absolute Gasteiger partial charge is 0.312 e. The largest absolute Gasteiger partial charge is 0.465 e. The first-order valence-electron chi connectivity index (χ1n) is 16.4. The number of aliphatic hydroxyl groups is 1. The van der Waals surface area contributed by atoms with Crippen LogP contribution in [0.5, 0.6) is 0 Å². The Balaban J connectivity index is 1.68. The number of anilines is 2. The van der Waals surface area contributed by atoms with Crippen molar-refractivity contribution in [2.24, 2.45) is 11.8 Å². The number of unbranched alkanes of at least 4 members (excludes halogenated alkanes) is 4. The summed E-state index contributed by atoms with van der Waals surface area (Å²) in [5, 5.41) is 9.22. The van der Waals surface area contributed by atoms with Gasteiger partial charge in [0.25, 0.3) is 5.91 Å². The van der Waals surface area contributed by atoms with Crippen LogP contribution in [0.25, 0.3) is 0 Å². The van der Waals surface area contributed by atoms with E-state index in [4.69, 9.17) is 9.47 Å². The number of likely N-dealkylation sites (tertiary alicyclic amines) is 1. The van der Waals surface area contributed by atoms with Crippen molar-refractivity contribution < 1.29 is 29.0 Å². The molecule has 9 nitrogen and oxygen atoms in total. The second kappa shape index (κ2) is 14.7. The van der Waals surface area contributed by atoms with Gasteiger partial charge in [0.2, 0.25) is 5.91 Å². The van der Waals surface area contributed by atoms with E-state index in [0.717, 1.165) is 43.7 Å². The molecule has 0 radical (unpaired) electrons. The first kappa shape index (κ1) is 33.7. The molecule has 242 valence electrons. The molecular formula is C35H51N3O6. The maximum Gasteiger partial charge on any atom is 0.312 e. The molecule has 3 aliphatic rings. The minimum Gasteiger partial charge on any atom is -0.465 e. The van der Waals surface area contributed by atoms with Gasteiger partial charge < -0.3 is 29.3 Å². The predicted octanol–water partition coefficient (Wildman–Crippen LogP) is 4.88. The number of carbonyl (C=O) groups is 3. The van der Waals surface area contributed by atoms with Crippen molar-refractivity contribution in [2.75, 3.05) is 49.2 Å². The van der Waals surface area contributed by atoms with Crippen molar-refractivity contribution in [1.82, 2.24) is 4.90 Å². The summed E-state index contributed by atoms with van der Waals surface area (Å²) in [6.07, 6.45) is 8.98. The topological polar surface area (TPSA) is 99.6 Å².